The van der Waals surface area contributed by atoms with Crippen LogP contribution >= 0.6 is 0 Å². The molecule has 1 saturated heterocycles. The molecule has 1 saturated carbocycles. The Morgan fingerprint density at radius 1 is 1.42 bits per heavy atom. The van der Waals surface area contributed by atoms with E-state index in [2.05, 4.69) is 36.1 Å². The molecule has 3 N–H and O–H groups in total. The molecule has 0 spiro atoms. The summed E-state index contributed by atoms with van der Waals surface area (Å²) in [4.78, 5) is 19.2. The van der Waals surface area contributed by atoms with E-state index in [1.54, 1.807) is 0 Å². The maximum absolute atomic E-state index is 11.9. The first-order chi connectivity index (χ1) is 11.4. The number of amidine groups is 1. The molecule has 0 aromatic rings. The smallest absolute Gasteiger partial charge is 0.261 e. The van der Waals surface area contributed by atoms with Gasteiger partial charge in [-0.3, -0.25) is 9.69 Å². The minimum absolute atomic E-state index is 0.0848. The van der Waals surface area contributed by atoms with E-state index in [9.17, 15) is 4.79 Å². The molecule has 1 heterocycles. The number of nitrogens with zero attached hydrogens (tertiary/aromatic N) is 2. The van der Waals surface area contributed by atoms with Crippen LogP contribution in [0.3, 0.4) is 0 Å². The van der Waals surface area contributed by atoms with Crippen molar-refractivity contribution in [1.29, 1.82) is 0 Å². The van der Waals surface area contributed by atoms with Crippen molar-refractivity contribution in [2.75, 3.05) is 32.8 Å². The SMILES string of the molecule is C[C@@H]1CCCC[C@H]1NC(=O)CO/N=C(\N)CN1CCOC(C)(C)C1. The van der Waals surface area contributed by atoms with Crippen LogP contribution in [0.15, 0.2) is 5.16 Å². The van der Waals surface area contributed by atoms with Gasteiger partial charge in [0.1, 0.15) is 0 Å². The second kappa shape index (κ2) is 8.67. The zero-order valence-corrected chi connectivity index (χ0v) is 15.2. The maximum Gasteiger partial charge on any atom is 0.261 e. The van der Waals surface area contributed by atoms with Crippen molar-refractivity contribution in [1.82, 2.24) is 10.2 Å². The first-order valence-electron chi connectivity index (χ1n) is 8.96. The van der Waals surface area contributed by atoms with Crippen molar-refractivity contribution in [3.8, 4) is 0 Å². The Kier molecular flexibility index (Phi) is 6.86. The molecular formula is C17H32N4O3. The van der Waals surface area contributed by atoms with Crippen LogP contribution in [-0.4, -0.2) is 61.1 Å². The molecule has 138 valence electrons. The lowest BCUT2D eigenvalue weighted by Crippen LogP contribution is -2.50. The molecule has 0 unspecified atom stereocenters. The van der Waals surface area contributed by atoms with Crippen LogP contribution in [0.4, 0.5) is 0 Å². The largest absolute Gasteiger partial charge is 0.384 e. The van der Waals surface area contributed by atoms with Gasteiger partial charge in [0, 0.05) is 19.1 Å². The molecule has 0 aromatic carbocycles. The van der Waals surface area contributed by atoms with E-state index in [4.69, 9.17) is 15.3 Å². The van der Waals surface area contributed by atoms with Gasteiger partial charge in [0.2, 0.25) is 0 Å². The highest BCUT2D eigenvalue weighted by Crippen LogP contribution is 2.23. The molecule has 0 bridgehead atoms. The van der Waals surface area contributed by atoms with Gasteiger partial charge in [-0.05, 0) is 32.6 Å². The Balaban J connectivity index is 1.67. The number of oxime groups is 1. The number of hydrogen-bond donors (Lipinski definition) is 2. The monoisotopic (exact) mass is 340 g/mol. The summed E-state index contributed by atoms with van der Waals surface area (Å²) >= 11 is 0. The number of morpholine rings is 1. The molecular weight excluding hydrogens is 308 g/mol. The van der Waals surface area contributed by atoms with Gasteiger partial charge >= 0.3 is 0 Å². The van der Waals surface area contributed by atoms with Gasteiger partial charge < -0.3 is 20.6 Å². The van der Waals surface area contributed by atoms with E-state index in [-0.39, 0.29) is 24.2 Å². The quantitative estimate of drug-likeness (QED) is 0.429. The van der Waals surface area contributed by atoms with Crippen molar-refractivity contribution in [3.05, 3.63) is 0 Å². The third-order valence-electron chi connectivity index (χ3n) is 4.73. The molecule has 2 aliphatic rings. The minimum Gasteiger partial charge on any atom is -0.384 e. The average Bonchev–Trinajstić information content (AvgIpc) is 2.48. The van der Waals surface area contributed by atoms with Crippen molar-refractivity contribution >= 4 is 11.7 Å². The van der Waals surface area contributed by atoms with E-state index in [1.165, 1.54) is 19.3 Å². The molecule has 2 rings (SSSR count). The van der Waals surface area contributed by atoms with E-state index >= 15 is 0 Å². The van der Waals surface area contributed by atoms with Crippen LogP contribution in [-0.2, 0) is 14.4 Å². The third kappa shape index (κ3) is 6.28. The first-order valence-corrected chi connectivity index (χ1v) is 8.96. The number of amides is 1. The number of hydrogen-bond acceptors (Lipinski definition) is 5. The summed E-state index contributed by atoms with van der Waals surface area (Å²) in [6, 6.07) is 0.256. The van der Waals surface area contributed by atoms with Crippen molar-refractivity contribution in [2.45, 2.75) is 58.1 Å². The highest BCUT2D eigenvalue weighted by Gasteiger charge is 2.27. The number of rotatable bonds is 6. The van der Waals surface area contributed by atoms with Gasteiger partial charge in [-0.25, -0.2) is 0 Å². The molecule has 1 amide bonds. The molecule has 1 aliphatic heterocycles. The Bertz CT molecular complexity index is 453. The fourth-order valence-electron chi connectivity index (χ4n) is 3.46. The van der Waals surface area contributed by atoms with E-state index < -0.39 is 0 Å². The molecule has 2 fully saturated rings. The van der Waals surface area contributed by atoms with E-state index in [0.29, 0.717) is 24.9 Å². The average molecular weight is 340 g/mol. The summed E-state index contributed by atoms with van der Waals surface area (Å²) in [5, 5.41) is 6.90. The molecule has 0 aromatic heterocycles. The summed E-state index contributed by atoms with van der Waals surface area (Å²) in [6.07, 6.45) is 4.65. The summed E-state index contributed by atoms with van der Waals surface area (Å²) in [5.74, 6) is 0.783. The normalized spacial score (nSPS) is 28.4. The van der Waals surface area contributed by atoms with Gasteiger partial charge in [0.15, 0.2) is 12.4 Å². The predicted octanol–water partition coefficient (Wildman–Crippen LogP) is 1.08. The van der Waals surface area contributed by atoms with Gasteiger partial charge in [-0.2, -0.15) is 0 Å². The molecule has 2 atom stereocenters. The Morgan fingerprint density at radius 3 is 2.88 bits per heavy atom. The number of nitrogens with two attached hydrogens (primary N) is 1. The standard InChI is InChI=1S/C17H32N4O3/c1-13-6-4-5-7-14(13)19-16(22)11-24-20-15(18)10-21-8-9-23-17(2,3)12-21/h13-14H,4-12H2,1-3H3,(H2,18,20)(H,19,22)/t13-,14-/m1/s1. The lowest BCUT2D eigenvalue weighted by atomic mass is 9.86. The molecule has 1 aliphatic carbocycles. The first kappa shape index (κ1) is 19.0. The summed E-state index contributed by atoms with van der Waals surface area (Å²) < 4.78 is 5.66. The fraction of sp³-hybridized carbons (Fsp3) is 0.882. The van der Waals surface area contributed by atoms with Crippen LogP contribution in [0.1, 0.15) is 46.5 Å². The molecule has 24 heavy (non-hydrogen) atoms. The van der Waals surface area contributed by atoms with Gasteiger partial charge in [-0.1, -0.05) is 24.9 Å². The van der Waals surface area contributed by atoms with Gasteiger partial charge in [0.25, 0.3) is 5.91 Å². The van der Waals surface area contributed by atoms with Crippen LogP contribution < -0.4 is 11.1 Å². The predicted molar refractivity (Wildman–Crippen MR) is 93.6 cm³/mol. The molecule has 7 heteroatoms. The summed E-state index contributed by atoms with van der Waals surface area (Å²) in [5.41, 5.74) is 5.73. The molecule has 7 nitrogen and oxygen atoms in total. The number of carbonyl (C=O) groups excluding carboxylic acids is 1. The Hall–Kier alpha value is -1.34. The van der Waals surface area contributed by atoms with Crippen molar-refractivity contribution < 1.29 is 14.4 Å². The second-order valence-electron chi connectivity index (χ2n) is 7.61. The summed E-state index contributed by atoms with van der Waals surface area (Å²) in [7, 11) is 0. The van der Waals surface area contributed by atoms with Crippen LogP contribution in [0, 0.1) is 5.92 Å². The van der Waals surface area contributed by atoms with E-state index in [1.807, 2.05) is 0 Å². The lowest BCUT2D eigenvalue weighted by molar-refractivity contribution is -0.127. The highest BCUT2D eigenvalue weighted by molar-refractivity contribution is 5.82. The van der Waals surface area contributed by atoms with Crippen molar-refractivity contribution in [3.63, 3.8) is 0 Å². The summed E-state index contributed by atoms with van der Waals surface area (Å²) in [6.45, 7) is 9.03. The highest BCUT2D eigenvalue weighted by atomic mass is 16.6. The fourth-order valence-corrected chi connectivity index (χ4v) is 3.46. The topological polar surface area (TPSA) is 89.2 Å². The lowest BCUT2D eigenvalue weighted by Gasteiger charge is -2.37. The van der Waals surface area contributed by atoms with Crippen LogP contribution in [0.5, 0.6) is 0 Å². The second-order valence-corrected chi connectivity index (χ2v) is 7.61. The van der Waals surface area contributed by atoms with Crippen LogP contribution in [0.25, 0.3) is 0 Å². The van der Waals surface area contributed by atoms with Gasteiger partial charge in [0.05, 0.1) is 18.8 Å². The van der Waals surface area contributed by atoms with E-state index in [0.717, 1.165) is 19.5 Å². The van der Waals surface area contributed by atoms with Gasteiger partial charge in [-0.15, -0.1) is 0 Å². The maximum atomic E-state index is 11.9. The third-order valence-corrected chi connectivity index (χ3v) is 4.73. The molecule has 0 radical (unpaired) electrons. The Morgan fingerprint density at radius 2 is 2.17 bits per heavy atom. The minimum atomic E-state index is -0.171. The zero-order chi connectivity index (χ0) is 17.6. The zero-order valence-electron chi connectivity index (χ0n) is 15.2. The number of nitrogens with one attached hydrogen (secondary N) is 1. The van der Waals surface area contributed by atoms with Crippen molar-refractivity contribution in [2.24, 2.45) is 16.8 Å². The number of carbonyl (C=O) groups is 1. The van der Waals surface area contributed by atoms with Crippen LogP contribution in [0.2, 0.25) is 0 Å². The Labute approximate surface area is 144 Å². The number of ether oxygens (including phenoxy) is 1.